The molecule has 0 radical (unpaired) electrons. The van der Waals surface area contributed by atoms with Gasteiger partial charge in [-0.3, -0.25) is 0 Å². The average Bonchev–Trinajstić information content (AvgIpc) is 2.83. The largest absolute Gasteiger partial charge is 0.379 e. The van der Waals surface area contributed by atoms with Gasteiger partial charge in [-0.1, -0.05) is 30.3 Å². The van der Waals surface area contributed by atoms with Gasteiger partial charge in [-0.2, -0.15) is 0 Å². The van der Waals surface area contributed by atoms with Gasteiger partial charge in [-0.15, -0.1) is 0 Å². The summed E-state index contributed by atoms with van der Waals surface area (Å²) in [5, 5.41) is 0. The summed E-state index contributed by atoms with van der Waals surface area (Å²) >= 11 is 5.48. The lowest BCUT2D eigenvalue weighted by Gasteiger charge is -2.36. The zero-order valence-electron chi connectivity index (χ0n) is 11.1. The first kappa shape index (κ1) is 12.6. The third-order valence-electron chi connectivity index (χ3n) is 3.80. The van der Waals surface area contributed by atoms with Gasteiger partial charge in [-0.25, -0.2) is 0 Å². The molecule has 0 saturated carbocycles. The number of imidazole rings is 1. The van der Waals surface area contributed by atoms with Crippen LogP contribution in [-0.2, 0) is 10.3 Å². The van der Waals surface area contributed by atoms with Gasteiger partial charge in [0, 0.05) is 12.8 Å². The Balaban J connectivity index is 2.11. The van der Waals surface area contributed by atoms with Crippen LogP contribution in [0.15, 0.2) is 36.5 Å². The molecule has 1 saturated heterocycles. The number of H-pyrrole nitrogens is 1. The molecule has 0 spiro atoms. The van der Waals surface area contributed by atoms with Crippen LogP contribution in [0.5, 0.6) is 0 Å². The van der Waals surface area contributed by atoms with E-state index in [0.29, 0.717) is 0 Å². The third-order valence-corrected chi connectivity index (χ3v) is 4.10. The number of ether oxygens (including phenoxy) is 1. The highest BCUT2D eigenvalue weighted by atomic mass is 32.1. The van der Waals surface area contributed by atoms with Crippen molar-refractivity contribution in [3.63, 3.8) is 0 Å². The first-order valence-corrected chi connectivity index (χ1v) is 7.06. The van der Waals surface area contributed by atoms with Crippen molar-refractivity contribution >= 4 is 12.2 Å². The van der Waals surface area contributed by atoms with Gasteiger partial charge in [0.15, 0.2) is 4.77 Å². The van der Waals surface area contributed by atoms with E-state index in [1.807, 2.05) is 12.3 Å². The Morgan fingerprint density at radius 3 is 2.79 bits per heavy atom. The molecule has 1 fully saturated rings. The Kier molecular flexibility index (Phi) is 3.29. The lowest BCUT2D eigenvalue weighted by atomic mass is 9.94. The minimum absolute atomic E-state index is 0.0551. The summed E-state index contributed by atoms with van der Waals surface area (Å²) in [5.74, 6) is 0. The molecule has 1 aromatic heterocycles. The van der Waals surface area contributed by atoms with Crippen molar-refractivity contribution in [1.29, 1.82) is 0 Å². The number of aromatic amines is 1. The van der Waals surface area contributed by atoms with E-state index in [1.165, 1.54) is 5.56 Å². The zero-order valence-corrected chi connectivity index (χ0v) is 11.9. The first-order valence-electron chi connectivity index (χ1n) is 6.65. The average molecular weight is 274 g/mol. The summed E-state index contributed by atoms with van der Waals surface area (Å²) in [6.45, 7) is 3.80. The molecule has 1 atom stereocenters. The first-order chi connectivity index (χ1) is 9.21. The summed E-state index contributed by atoms with van der Waals surface area (Å²) in [5.41, 5.74) is 2.26. The van der Waals surface area contributed by atoms with Crippen LogP contribution in [0, 0.1) is 4.77 Å². The molecule has 2 heterocycles. The molecule has 0 bridgehead atoms. The van der Waals surface area contributed by atoms with Crippen LogP contribution >= 0.6 is 12.2 Å². The summed E-state index contributed by atoms with van der Waals surface area (Å²) in [7, 11) is 0. The van der Waals surface area contributed by atoms with Crippen molar-refractivity contribution in [2.45, 2.75) is 25.3 Å². The Hall–Kier alpha value is -1.39. The second kappa shape index (κ2) is 4.94. The van der Waals surface area contributed by atoms with E-state index in [2.05, 4.69) is 40.7 Å². The molecule has 19 heavy (non-hydrogen) atoms. The Morgan fingerprint density at radius 2 is 2.11 bits per heavy atom. The SMILES string of the molecule is CC1(n2c(-c3ccccc3)c[nH]c2=S)CCCOC1. The fourth-order valence-electron chi connectivity index (χ4n) is 2.82. The normalized spacial score (nSPS) is 23.4. The molecule has 4 heteroatoms. The van der Waals surface area contributed by atoms with Crippen LogP contribution in [0.3, 0.4) is 0 Å². The summed E-state index contributed by atoms with van der Waals surface area (Å²) in [4.78, 5) is 3.18. The van der Waals surface area contributed by atoms with Crippen LogP contribution in [0.25, 0.3) is 11.3 Å². The van der Waals surface area contributed by atoms with Crippen LogP contribution in [0.4, 0.5) is 0 Å². The minimum Gasteiger partial charge on any atom is -0.379 e. The Morgan fingerprint density at radius 1 is 1.32 bits per heavy atom. The molecule has 1 aliphatic heterocycles. The summed E-state index contributed by atoms with van der Waals surface area (Å²) in [6, 6.07) is 10.4. The molecule has 0 amide bonds. The second-order valence-corrected chi connectivity index (χ2v) is 5.72. The smallest absolute Gasteiger partial charge is 0.178 e. The van der Waals surface area contributed by atoms with Crippen molar-refractivity contribution in [2.24, 2.45) is 0 Å². The Labute approximate surface area is 118 Å². The summed E-state index contributed by atoms with van der Waals surface area (Å²) < 4.78 is 8.66. The van der Waals surface area contributed by atoms with E-state index in [0.717, 1.165) is 36.5 Å². The number of benzene rings is 1. The zero-order chi connectivity index (χ0) is 13.3. The topological polar surface area (TPSA) is 29.9 Å². The Bertz CT molecular complexity index is 609. The van der Waals surface area contributed by atoms with Crippen LogP contribution in [0.2, 0.25) is 0 Å². The minimum atomic E-state index is -0.0551. The van der Waals surface area contributed by atoms with Gasteiger partial charge in [0.05, 0.1) is 17.8 Å². The van der Waals surface area contributed by atoms with Crippen molar-refractivity contribution < 1.29 is 4.74 Å². The molecule has 1 unspecified atom stereocenters. The molecule has 1 aromatic carbocycles. The van der Waals surface area contributed by atoms with E-state index < -0.39 is 0 Å². The van der Waals surface area contributed by atoms with Crippen LogP contribution in [0.1, 0.15) is 19.8 Å². The molecule has 3 nitrogen and oxygen atoms in total. The maximum Gasteiger partial charge on any atom is 0.178 e. The molecule has 100 valence electrons. The number of nitrogens with zero attached hydrogens (tertiary/aromatic N) is 1. The number of nitrogens with one attached hydrogen (secondary N) is 1. The molecule has 3 rings (SSSR count). The predicted octanol–water partition coefficient (Wildman–Crippen LogP) is 3.74. The van der Waals surface area contributed by atoms with Crippen LogP contribution < -0.4 is 0 Å². The molecule has 1 aliphatic rings. The highest BCUT2D eigenvalue weighted by Gasteiger charge is 2.32. The fourth-order valence-corrected chi connectivity index (χ4v) is 3.20. The predicted molar refractivity (Wildman–Crippen MR) is 78.8 cm³/mol. The van der Waals surface area contributed by atoms with E-state index in [4.69, 9.17) is 17.0 Å². The van der Waals surface area contributed by atoms with Gasteiger partial charge < -0.3 is 14.3 Å². The molecule has 2 aromatic rings. The third kappa shape index (κ3) is 2.26. The lowest BCUT2D eigenvalue weighted by Crippen LogP contribution is -2.39. The van der Waals surface area contributed by atoms with Gasteiger partial charge in [-0.05, 0) is 37.5 Å². The molecule has 0 aliphatic carbocycles. The maximum absolute atomic E-state index is 5.67. The quantitative estimate of drug-likeness (QED) is 0.846. The van der Waals surface area contributed by atoms with Crippen molar-refractivity contribution in [1.82, 2.24) is 9.55 Å². The van der Waals surface area contributed by atoms with E-state index >= 15 is 0 Å². The fraction of sp³-hybridized carbons (Fsp3) is 0.400. The highest BCUT2D eigenvalue weighted by molar-refractivity contribution is 7.71. The van der Waals surface area contributed by atoms with Gasteiger partial charge in [0.2, 0.25) is 0 Å². The maximum atomic E-state index is 5.67. The molecular formula is C15H18N2OS. The number of hydrogen-bond donors (Lipinski definition) is 1. The van der Waals surface area contributed by atoms with Crippen molar-refractivity contribution in [2.75, 3.05) is 13.2 Å². The standard InChI is InChI=1S/C15H18N2OS/c1-15(8-5-9-18-11-15)17-13(10-16-14(17)19)12-6-3-2-4-7-12/h2-4,6-7,10H,5,8-9,11H2,1H3,(H,16,19). The van der Waals surface area contributed by atoms with E-state index in [-0.39, 0.29) is 5.54 Å². The number of rotatable bonds is 2. The highest BCUT2D eigenvalue weighted by Crippen LogP contribution is 2.32. The van der Waals surface area contributed by atoms with Crippen molar-refractivity contribution in [3.05, 3.63) is 41.3 Å². The van der Waals surface area contributed by atoms with Gasteiger partial charge in [0.1, 0.15) is 0 Å². The number of hydrogen-bond acceptors (Lipinski definition) is 2. The van der Waals surface area contributed by atoms with Crippen molar-refractivity contribution in [3.8, 4) is 11.3 Å². The second-order valence-electron chi connectivity index (χ2n) is 5.33. The van der Waals surface area contributed by atoms with E-state index in [9.17, 15) is 0 Å². The molecule has 1 N–H and O–H groups in total. The summed E-state index contributed by atoms with van der Waals surface area (Å²) in [6.07, 6.45) is 4.17. The number of aromatic nitrogens is 2. The van der Waals surface area contributed by atoms with Crippen LogP contribution in [-0.4, -0.2) is 22.8 Å². The molecular weight excluding hydrogens is 256 g/mol. The monoisotopic (exact) mass is 274 g/mol. The van der Waals surface area contributed by atoms with E-state index in [1.54, 1.807) is 0 Å². The van der Waals surface area contributed by atoms with Gasteiger partial charge >= 0.3 is 0 Å². The van der Waals surface area contributed by atoms with Gasteiger partial charge in [0.25, 0.3) is 0 Å². The lowest BCUT2D eigenvalue weighted by molar-refractivity contribution is 0.00962.